The van der Waals surface area contributed by atoms with E-state index < -0.39 is 23.9 Å². The summed E-state index contributed by atoms with van der Waals surface area (Å²) >= 11 is 7.24. The molecule has 1 aromatic carbocycles. The number of likely N-dealkylation sites (N-methyl/N-ethyl adjacent to an activating group) is 2. The van der Waals surface area contributed by atoms with Gasteiger partial charge in [-0.3, -0.25) is 19.4 Å². The molecule has 0 radical (unpaired) electrons. The molecule has 0 saturated carbocycles. The number of benzene rings is 1. The third-order valence-electron chi connectivity index (χ3n) is 4.12. The van der Waals surface area contributed by atoms with Gasteiger partial charge in [0, 0.05) is 24.7 Å². The Hall–Kier alpha value is -2.39. The van der Waals surface area contributed by atoms with Crippen molar-refractivity contribution in [1.29, 1.82) is 0 Å². The third kappa shape index (κ3) is 3.19. The first-order valence-corrected chi connectivity index (χ1v) is 9.03. The molecule has 136 valence electrons. The van der Waals surface area contributed by atoms with E-state index in [0.29, 0.717) is 10.2 Å². The average molecular weight is 396 g/mol. The molecule has 1 fully saturated rings. The van der Waals surface area contributed by atoms with Crippen LogP contribution in [0.1, 0.15) is 5.56 Å². The fraction of sp³-hybridized carbons (Fsp3) is 0.312. The van der Waals surface area contributed by atoms with Gasteiger partial charge in [0.25, 0.3) is 17.8 Å². The number of amidine groups is 2. The molecule has 2 heterocycles. The number of hydrogen-bond acceptors (Lipinski definition) is 5. The molecule has 0 aromatic heterocycles. The average Bonchev–Trinajstić information content (AvgIpc) is 2.97. The SMILES string of the molecule is CN1C(=O)C2C(=NC(SCC(=O)O)=[N+]2Cc2ccccc2Cl)N(C)C1=O. The van der Waals surface area contributed by atoms with Crippen molar-refractivity contribution in [2.45, 2.75) is 12.6 Å². The van der Waals surface area contributed by atoms with E-state index in [1.807, 2.05) is 12.1 Å². The fourth-order valence-electron chi connectivity index (χ4n) is 2.79. The van der Waals surface area contributed by atoms with E-state index in [9.17, 15) is 14.4 Å². The van der Waals surface area contributed by atoms with Crippen LogP contribution >= 0.6 is 23.4 Å². The number of thioether (sulfide) groups is 1. The van der Waals surface area contributed by atoms with Crippen LogP contribution in [0.3, 0.4) is 0 Å². The molecule has 0 bridgehead atoms. The van der Waals surface area contributed by atoms with Gasteiger partial charge in [0.05, 0.1) is 0 Å². The van der Waals surface area contributed by atoms with Gasteiger partial charge in [-0.05, 0) is 22.8 Å². The summed E-state index contributed by atoms with van der Waals surface area (Å²) < 4.78 is 1.69. The summed E-state index contributed by atoms with van der Waals surface area (Å²) in [7, 11) is 2.95. The molecule has 2 aliphatic heterocycles. The predicted octanol–water partition coefficient (Wildman–Crippen LogP) is 1.33. The van der Waals surface area contributed by atoms with Crippen LogP contribution in [0, 0.1) is 0 Å². The number of carbonyl (C=O) groups is 3. The standard InChI is InChI=1S/C16H15ClN4O4S/c1-19-13-12(14(24)20(2)16(19)25)21(15(18-13)26-8-11(22)23)7-9-5-3-4-6-10(9)17/h3-6,12H,7-8H2,1-2H3/p+1. The number of fused-ring (bicyclic) bond motifs is 1. The summed E-state index contributed by atoms with van der Waals surface area (Å²) in [5.41, 5.74) is 0.772. The van der Waals surface area contributed by atoms with Crippen LogP contribution in [0.15, 0.2) is 29.3 Å². The van der Waals surface area contributed by atoms with Gasteiger partial charge in [-0.1, -0.05) is 29.8 Å². The first-order chi connectivity index (χ1) is 12.3. The van der Waals surface area contributed by atoms with Gasteiger partial charge in [-0.15, -0.1) is 0 Å². The van der Waals surface area contributed by atoms with Crippen molar-refractivity contribution in [1.82, 2.24) is 9.80 Å². The van der Waals surface area contributed by atoms with Crippen molar-refractivity contribution in [3.8, 4) is 0 Å². The number of amides is 3. The number of hydrogen-bond donors (Lipinski definition) is 1. The summed E-state index contributed by atoms with van der Waals surface area (Å²) in [5, 5.41) is 9.88. The van der Waals surface area contributed by atoms with E-state index in [1.54, 1.807) is 16.7 Å². The molecule has 10 heteroatoms. The van der Waals surface area contributed by atoms with Crippen LogP contribution < -0.4 is 0 Å². The molecule has 0 spiro atoms. The highest BCUT2D eigenvalue weighted by Crippen LogP contribution is 2.26. The topological polar surface area (TPSA) is 93.3 Å². The summed E-state index contributed by atoms with van der Waals surface area (Å²) in [6.45, 7) is 0.265. The molecule has 1 saturated heterocycles. The lowest BCUT2D eigenvalue weighted by molar-refractivity contribution is -0.548. The molecule has 3 rings (SSSR count). The predicted molar refractivity (Wildman–Crippen MR) is 97.7 cm³/mol. The first-order valence-electron chi connectivity index (χ1n) is 7.66. The Morgan fingerprint density at radius 2 is 2.00 bits per heavy atom. The van der Waals surface area contributed by atoms with Gasteiger partial charge in [-0.2, -0.15) is 0 Å². The molecule has 0 aliphatic carbocycles. The van der Waals surface area contributed by atoms with E-state index in [0.717, 1.165) is 22.2 Å². The highest BCUT2D eigenvalue weighted by molar-refractivity contribution is 8.14. The van der Waals surface area contributed by atoms with Crippen molar-refractivity contribution in [2.75, 3.05) is 19.8 Å². The van der Waals surface area contributed by atoms with Crippen molar-refractivity contribution in [2.24, 2.45) is 4.99 Å². The third-order valence-corrected chi connectivity index (χ3v) is 5.46. The smallest absolute Gasteiger partial charge is 0.358 e. The number of aliphatic imine (C=N–C) groups is 1. The van der Waals surface area contributed by atoms with Crippen molar-refractivity contribution in [3.05, 3.63) is 34.9 Å². The number of carboxylic acids is 1. The van der Waals surface area contributed by atoms with Crippen LogP contribution in [0.5, 0.6) is 0 Å². The second-order valence-corrected chi connectivity index (χ2v) is 7.15. The maximum absolute atomic E-state index is 12.7. The number of carbonyl (C=O) groups excluding carboxylic acids is 2. The Balaban J connectivity index is 2.02. The monoisotopic (exact) mass is 395 g/mol. The first kappa shape index (κ1) is 18.4. The van der Waals surface area contributed by atoms with Crippen LogP contribution in [0.2, 0.25) is 5.02 Å². The van der Waals surface area contributed by atoms with E-state index in [1.165, 1.54) is 19.0 Å². The van der Waals surface area contributed by atoms with Crippen LogP contribution in [-0.4, -0.2) is 74.3 Å². The number of halogens is 1. The summed E-state index contributed by atoms with van der Waals surface area (Å²) in [4.78, 5) is 42.6. The molecule has 1 atom stereocenters. The highest BCUT2D eigenvalue weighted by Gasteiger charge is 2.53. The Labute approximate surface area is 158 Å². The number of rotatable bonds is 4. The molecule has 3 amide bonds. The summed E-state index contributed by atoms with van der Waals surface area (Å²) in [6, 6.07) is 5.92. The molecular formula is C16H16ClN4O4S+. The molecule has 26 heavy (non-hydrogen) atoms. The minimum absolute atomic E-state index is 0.209. The minimum atomic E-state index is -0.997. The van der Waals surface area contributed by atoms with Crippen molar-refractivity contribution in [3.63, 3.8) is 0 Å². The van der Waals surface area contributed by atoms with E-state index in [2.05, 4.69) is 4.99 Å². The molecule has 1 N–H and O–H groups in total. The number of nitrogens with zero attached hydrogens (tertiary/aromatic N) is 4. The van der Waals surface area contributed by atoms with Gasteiger partial charge in [0.2, 0.25) is 0 Å². The van der Waals surface area contributed by atoms with Gasteiger partial charge in [0.15, 0.2) is 0 Å². The maximum atomic E-state index is 12.7. The zero-order chi connectivity index (χ0) is 19.0. The van der Waals surface area contributed by atoms with Crippen molar-refractivity contribution < 1.29 is 24.1 Å². The summed E-state index contributed by atoms with van der Waals surface area (Å²) in [6.07, 6.45) is 0. The summed E-state index contributed by atoms with van der Waals surface area (Å²) in [5.74, 6) is -1.33. The zero-order valence-corrected chi connectivity index (χ0v) is 15.6. The fourth-order valence-corrected chi connectivity index (χ4v) is 3.73. The Kier molecular flexibility index (Phi) is 5.01. The lowest BCUT2D eigenvalue weighted by Crippen LogP contribution is -2.61. The number of carboxylic acid groups (broad SMARTS) is 1. The quantitative estimate of drug-likeness (QED) is 0.776. The zero-order valence-electron chi connectivity index (χ0n) is 14.0. The lowest BCUT2D eigenvalue weighted by atomic mass is 10.1. The lowest BCUT2D eigenvalue weighted by Gasteiger charge is -2.30. The van der Waals surface area contributed by atoms with Gasteiger partial charge in [0.1, 0.15) is 12.3 Å². The Morgan fingerprint density at radius 3 is 2.65 bits per heavy atom. The largest absolute Gasteiger partial charge is 0.481 e. The number of urea groups is 1. The van der Waals surface area contributed by atoms with Crippen LogP contribution in [0.4, 0.5) is 4.79 Å². The number of imide groups is 1. The molecule has 1 aromatic rings. The molecule has 2 aliphatic rings. The molecule has 8 nitrogen and oxygen atoms in total. The normalized spacial score (nSPS) is 19.8. The van der Waals surface area contributed by atoms with Crippen molar-refractivity contribution >= 4 is 52.3 Å². The van der Waals surface area contributed by atoms with E-state index >= 15 is 0 Å². The Morgan fingerprint density at radius 1 is 1.31 bits per heavy atom. The highest BCUT2D eigenvalue weighted by atomic mass is 35.5. The Bertz CT molecular complexity index is 870. The molecule has 1 unspecified atom stereocenters. The van der Waals surface area contributed by atoms with E-state index in [4.69, 9.17) is 16.7 Å². The second kappa shape index (κ2) is 7.08. The van der Waals surface area contributed by atoms with E-state index in [-0.39, 0.29) is 18.1 Å². The van der Waals surface area contributed by atoms with Gasteiger partial charge < -0.3 is 5.11 Å². The number of aliphatic carboxylic acids is 1. The minimum Gasteiger partial charge on any atom is -0.481 e. The van der Waals surface area contributed by atoms with Crippen LogP contribution in [-0.2, 0) is 16.1 Å². The van der Waals surface area contributed by atoms with Gasteiger partial charge >= 0.3 is 17.2 Å². The second-order valence-electron chi connectivity index (χ2n) is 5.80. The molecular weight excluding hydrogens is 380 g/mol. The van der Waals surface area contributed by atoms with Crippen LogP contribution in [0.25, 0.3) is 0 Å². The van der Waals surface area contributed by atoms with Gasteiger partial charge in [-0.25, -0.2) is 9.37 Å². The maximum Gasteiger partial charge on any atom is 0.358 e.